The Hall–Kier alpha value is -2.25. The van der Waals surface area contributed by atoms with Crippen LogP contribution in [0.15, 0.2) is 47.4 Å². The number of sulfonamides is 1. The molecule has 0 radical (unpaired) electrons. The molecule has 1 heterocycles. The van der Waals surface area contributed by atoms with Gasteiger partial charge in [-0.3, -0.25) is 9.52 Å². The summed E-state index contributed by atoms with van der Waals surface area (Å²) in [4.78, 5) is 11.6. The van der Waals surface area contributed by atoms with Gasteiger partial charge in [-0.2, -0.15) is 0 Å². The number of ether oxygens (including phenoxy) is 1. The van der Waals surface area contributed by atoms with Crippen molar-refractivity contribution in [2.45, 2.75) is 17.9 Å². The molecule has 23 heavy (non-hydrogen) atoms. The SMILES string of the molecule is CC1Oc2ccc(S(=O)(=O)Nc3cccc(Cl)c3)cc2NC1=O. The summed E-state index contributed by atoms with van der Waals surface area (Å²) in [6.45, 7) is 1.61. The molecule has 0 aromatic heterocycles. The highest BCUT2D eigenvalue weighted by atomic mass is 35.5. The van der Waals surface area contributed by atoms with Gasteiger partial charge in [0.25, 0.3) is 15.9 Å². The minimum atomic E-state index is -3.81. The lowest BCUT2D eigenvalue weighted by Gasteiger charge is -2.23. The van der Waals surface area contributed by atoms with Gasteiger partial charge >= 0.3 is 0 Å². The second-order valence-corrected chi connectivity index (χ2v) is 7.14. The van der Waals surface area contributed by atoms with Crippen LogP contribution in [-0.4, -0.2) is 20.4 Å². The number of rotatable bonds is 3. The van der Waals surface area contributed by atoms with Crippen molar-refractivity contribution in [3.05, 3.63) is 47.5 Å². The molecule has 1 amide bonds. The first-order valence-corrected chi connectivity index (χ1v) is 8.61. The Morgan fingerprint density at radius 3 is 2.74 bits per heavy atom. The molecule has 0 bridgehead atoms. The van der Waals surface area contributed by atoms with Crippen LogP contribution in [0.2, 0.25) is 5.02 Å². The van der Waals surface area contributed by atoms with Gasteiger partial charge in [-0.05, 0) is 43.3 Å². The Kier molecular flexibility index (Phi) is 3.91. The number of hydrogen-bond donors (Lipinski definition) is 2. The molecular weight excluding hydrogens is 340 g/mol. The number of carbonyl (C=O) groups excluding carboxylic acids is 1. The van der Waals surface area contributed by atoms with E-state index in [1.807, 2.05) is 0 Å². The van der Waals surface area contributed by atoms with Gasteiger partial charge in [0.15, 0.2) is 6.10 Å². The number of nitrogens with one attached hydrogen (secondary N) is 2. The molecular formula is C15H13ClN2O4S. The molecule has 2 aromatic rings. The monoisotopic (exact) mass is 352 g/mol. The molecule has 3 rings (SSSR count). The van der Waals surface area contributed by atoms with Crippen LogP contribution in [0.4, 0.5) is 11.4 Å². The number of carbonyl (C=O) groups is 1. The van der Waals surface area contributed by atoms with Gasteiger partial charge in [0.05, 0.1) is 16.3 Å². The van der Waals surface area contributed by atoms with Gasteiger partial charge < -0.3 is 10.1 Å². The van der Waals surface area contributed by atoms with Gasteiger partial charge in [-0.15, -0.1) is 0 Å². The average molecular weight is 353 g/mol. The first-order valence-electron chi connectivity index (χ1n) is 6.75. The summed E-state index contributed by atoms with van der Waals surface area (Å²) in [5, 5.41) is 3.04. The maximum absolute atomic E-state index is 12.4. The van der Waals surface area contributed by atoms with Gasteiger partial charge in [0, 0.05) is 5.02 Å². The first kappa shape index (κ1) is 15.6. The molecule has 6 nitrogen and oxygen atoms in total. The Bertz CT molecular complexity index is 883. The third-order valence-electron chi connectivity index (χ3n) is 3.27. The van der Waals surface area contributed by atoms with Crippen LogP contribution in [0, 0.1) is 0 Å². The Morgan fingerprint density at radius 2 is 2.00 bits per heavy atom. The molecule has 0 saturated carbocycles. The largest absolute Gasteiger partial charge is 0.479 e. The second kappa shape index (κ2) is 5.75. The van der Waals surface area contributed by atoms with E-state index in [4.69, 9.17) is 16.3 Å². The van der Waals surface area contributed by atoms with E-state index in [-0.39, 0.29) is 10.8 Å². The smallest absolute Gasteiger partial charge is 0.265 e. The molecule has 1 aliphatic rings. The van der Waals surface area contributed by atoms with Crippen molar-refractivity contribution in [2.75, 3.05) is 10.0 Å². The third-order valence-corrected chi connectivity index (χ3v) is 4.88. The van der Waals surface area contributed by atoms with Crippen molar-refractivity contribution in [3.8, 4) is 5.75 Å². The van der Waals surface area contributed by atoms with E-state index in [9.17, 15) is 13.2 Å². The molecule has 1 unspecified atom stereocenters. The van der Waals surface area contributed by atoms with E-state index >= 15 is 0 Å². The maximum Gasteiger partial charge on any atom is 0.265 e. The predicted molar refractivity (Wildman–Crippen MR) is 87.4 cm³/mol. The molecule has 0 fully saturated rings. The fraction of sp³-hybridized carbons (Fsp3) is 0.133. The molecule has 8 heteroatoms. The molecule has 0 saturated heterocycles. The molecule has 1 atom stereocenters. The average Bonchev–Trinajstić information content (AvgIpc) is 2.47. The number of amides is 1. The first-order chi connectivity index (χ1) is 10.8. The number of anilines is 2. The van der Waals surface area contributed by atoms with Crippen molar-refractivity contribution in [1.82, 2.24) is 0 Å². The third kappa shape index (κ3) is 3.25. The zero-order valence-corrected chi connectivity index (χ0v) is 13.6. The van der Waals surface area contributed by atoms with Gasteiger partial charge in [-0.25, -0.2) is 8.42 Å². The van der Waals surface area contributed by atoms with Crippen LogP contribution in [0.3, 0.4) is 0 Å². The van der Waals surface area contributed by atoms with Gasteiger partial charge in [0.2, 0.25) is 0 Å². The number of fused-ring (bicyclic) bond motifs is 1. The molecule has 0 spiro atoms. The summed E-state index contributed by atoms with van der Waals surface area (Å²) in [5.41, 5.74) is 0.672. The van der Waals surface area contributed by atoms with E-state index in [1.165, 1.54) is 24.3 Å². The van der Waals surface area contributed by atoms with Crippen LogP contribution in [0.1, 0.15) is 6.92 Å². The van der Waals surface area contributed by atoms with Crippen molar-refractivity contribution < 1.29 is 17.9 Å². The zero-order chi connectivity index (χ0) is 16.6. The van der Waals surface area contributed by atoms with Crippen molar-refractivity contribution >= 4 is 38.9 Å². The van der Waals surface area contributed by atoms with Crippen LogP contribution in [-0.2, 0) is 14.8 Å². The van der Waals surface area contributed by atoms with Crippen molar-refractivity contribution in [2.24, 2.45) is 0 Å². The van der Waals surface area contributed by atoms with Crippen LogP contribution < -0.4 is 14.8 Å². The van der Waals surface area contributed by atoms with E-state index in [2.05, 4.69) is 10.0 Å². The summed E-state index contributed by atoms with van der Waals surface area (Å²) >= 11 is 5.85. The standard InChI is InChI=1S/C15H13ClN2O4S/c1-9-15(19)17-13-8-12(5-6-14(13)22-9)23(20,21)18-11-4-2-3-10(16)7-11/h2-9,18H,1H3,(H,17,19). The Labute approximate surface area is 138 Å². The normalized spacial score (nSPS) is 17.0. The number of benzene rings is 2. The summed E-state index contributed by atoms with van der Waals surface area (Å²) in [5.74, 6) is 0.105. The Morgan fingerprint density at radius 1 is 1.22 bits per heavy atom. The topological polar surface area (TPSA) is 84.5 Å². The second-order valence-electron chi connectivity index (χ2n) is 5.02. The van der Waals surface area contributed by atoms with Crippen LogP contribution in [0.5, 0.6) is 5.75 Å². The fourth-order valence-corrected chi connectivity index (χ4v) is 3.39. The van der Waals surface area contributed by atoms with E-state index in [1.54, 1.807) is 25.1 Å². The summed E-state index contributed by atoms with van der Waals surface area (Å²) in [6.07, 6.45) is -0.616. The van der Waals surface area contributed by atoms with Gasteiger partial charge in [0.1, 0.15) is 5.75 Å². The summed E-state index contributed by atoms with van der Waals surface area (Å²) < 4.78 is 32.7. The van der Waals surface area contributed by atoms with Crippen molar-refractivity contribution in [1.29, 1.82) is 0 Å². The molecule has 120 valence electrons. The predicted octanol–water partition coefficient (Wildman–Crippen LogP) is 2.86. The number of hydrogen-bond acceptors (Lipinski definition) is 4. The van der Waals surface area contributed by atoms with Crippen LogP contribution in [0.25, 0.3) is 0 Å². The lowest BCUT2D eigenvalue weighted by atomic mass is 10.2. The molecule has 2 aromatic carbocycles. The highest BCUT2D eigenvalue weighted by Crippen LogP contribution is 2.32. The van der Waals surface area contributed by atoms with E-state index in [0.717, 1.165) is 0 Å². The minimum absolute atomic E-state index is 0.00896. The Balaban J connectivity index is 1.92. The van der Waals surface area contributed by atoms with Crippen LogP contribution >= 0.6 is 11.6 Å². The lowest BCUT2D eigenvalue weighted by Crippen LogP contribution is -2.34. The maximum atomic E-state index is 12.4. The quantitative estimate of drug-likeness (QED) is 0.889. The molecule has 1 aliphatic heterocycles. The zero-order valence-electron chi connectivity index (χ0n) is 12.0. The lowest BCUT2D eigenvalue weighted by molar-refractivity contribution is -0.122. The summed E-state index contributed by atoms with van der Waals surface area (Å²) in [7, 11) is -3.81. The highest BCUT2D eigenvalue weighted by molar-refractivity contribution is 7.92. The molecule has 2 N–H and O–H groups in total. The van der Waals surface area contributed by atoms with Gasteiger partial charge in [-0.1, -0.05) is 17.7 Å². The minimum Gasteiger partial charge on any atom is -0.479 e. The van der Waals surface area contributed by atoms with Crippen molar-refractivity contribution in [3.63, 3.8) is 0 Å². The number of halogens is 1. The molecule has 0 aliphatic carbocycles. The van der Waals surface area contributed by atoms with E-state index < -0.39 is 16.1 Å². The fourth-order valence-electron chi connectivity index (χ4n) is 2.12. The highest BCUT2D eigenvalue weighted by Gasteiger charge is 2.25. The van der Waals surface area contributed by atoms with E-state index in [0.29, 0.717) is 22.1 Å². The summed E-state index contributed by atoms with van der Waals surface area (Å²) in [6, 6.07) is 10.7.